The Bertz CT molecular complexity index is 335. The van der Waals surface area contributed by atoms with Crippen molar-refractivity contribution in [3.63, 3.8) is 0 Å². The van der Waals surface area contributed by atoms with Gasteiger partial charge in [0.2, 0.25) is 5.91 Å². The molecule has 0 aliphatic heterocycles. The van der Waals surface area contributed by atoms with Crippen molar-refractivity contribution in [1.29, 1.82) is 0 Å². The Kier molecular flexibility index (Phi) is 3.80. The molecule has 3 nitrogen and oxygen atoms in total. The zero-order valence-corrected chi connectivity index (χ0v) is 8.90. The summed E-state index contributed by atoms with van der Waals surface area (Å²) in [5, 5.41) is 0. The molecule has 82 valence electrons. The summed E-state index contributed by atoms with van der Waals surface area (Å²) in [6.45, 7) is 0. The number of rotatable bonds is 3. The van der Waals surface area contributed by atoms with E-state index in [4.69, 9.17) is 5.73 Å². The smallest absolute Gasteiger partial charge is 0.223 e. The second-order valence-electron chi connectivity index (χ2n) is 3.65. The highest BCUT2D eigenvalue weighted by Gasteiger charge is 2.12. The van der Waals surface area contributed by atoms with Crippen molar-refractivity contribution in [2.45, 2.75) is 12.5 Å². The van der Waals surface area contributed by atoms with Gasteiger partial charge in [-0.2, -0.15) is 0 Å². The molecule has 0 aliphatic carbocycles. The molecule has 0 saturated heterocycles. The second kappa shape index (κ2) is 4.89. The summed E-state index contributed by atoms with van der Waals surface area (Å²) in [6, 6.07) is 5.51. The van der Waals surface area contributed by atoms with Crippen LogP contribution in [0.2, 0.25) is 0 Å². The van der Waals surface area contributed by atoms with Crippen LogP contribution in [-0.4, -0.2) is 24.9 Å². The highest BCUT2D eigenvalue weighted by molar-refractivity contribution is 5.76. The maximum absolute atomic E-state index is 12.6. The van der Waals surface area contributed by atoms with Crippen LogP contribution in [-0.2, 0) is 4.79 Å². The van der Waals surface area contributed by atoms with E-state index in [1.807, 2.05) is 0 Å². The van der Waals surface area contributed by atoms with E-state index in [9.17, 15) is 9.18 Å². The first-order chi connectivity index (χ1) is 7.00. The van der Waals surface area contributed by atoms with Crippen LogP contribution >= 0.6 is 0 Å². The number of amides is 1. The number of carbonyl (C=O) groups is 1. The van der Waals surface area contributed by atoms with Crippen LogP contribution < -0.4 is 5.73 Å². The lowest BCUT2D eigenvalue weighted by Crippen LogP contribution is -2.26. The molecule has 0 bridgehead atoms. The highest BCUT2D eigenvalue weighted by Crippen LogP contribution is 2.14. The molecule has 1 aromatic rings. The molecule has 1 amide bonds. The molecule has 15 heavy (non-hydrogen) atoms. The molecule has 1 atom stereocenters. The minimum Gasteiger partial charge on any atom is -0.349 e. The lowest BCUT2D eigenvalue weighted by Gasteiger charge is -2.15. The van der Waals surface area contributed by atoms with Gasteiger partial charge in [-0.05, 0) is 17.7 Å². The van der Waals surface area contributed by atoms with E-state index < -0.39 is 0 Å². The number of benzene rings is 1. The van der Waals surface area contributed by atoms with Gasteiger partial charge in [-0.15, -0.1) is 0 Å². The summed E-state index contributed by atoms with van der Waals surface area (Å²) in [7, 11) is 3.36. The monoisotopic (exact) mass is 210 g/mol. The minimum atomic E-state index is -0.375. The number of carbonyl (C=O) groups excluding carboxylic acids is 1. The Balaban J connectivity index is 2.65. The van der Waals surface area contributed by atoms with Crippen LogP contribution in [0.25, 0.3) is 0 Å². The quantitative estimate of drug-likeness (QED) is 0.817. The molecule has 0 aromatic heterocycles. The van der Waals surface area contributed by atoms with Crippen LogP contribution in [0.1, 0.15) is 18.0 Å². The van der Waals surface area contributed by atoms with Crippen molar-refractivity contribution >= 4 is 5.91 Å². The zero-order valence-electron chi connectivity index (χ0n) is 8.90. The van der Waals surface area contributed by atoms with Crippen molar-refractivity contribution in [1.82, 2.24) is 4.90 Å². The van der Waals surface area contributed by atoms with Crippen molar-refractivity contribution in [3.8, 4) is 0 Å². The van der Waals surface area contributed by atoms with Gasteiger partial charge in [0.15, 0.2) is 0 Å². The Hall–Kier alpha value is -1.42. The topological polar surface area (TPSA) is 46.3 Å². The van der Waals surface area contributed by atoms with E-state index in [-0.39, 0.29) is 24.2 Å². The maximum atomic E-state index is 12.6. The SMILES string of the molecule is CN(C)C(=O)C[C@H](N)c1ccc(F)cc1. The van der Waals surface area contributed by atoms with Gasteiger partial charge in [0.05, 0.1) is 0 Å². The van der Waals surface area contributed by atoms with Crippen LogP contribution in [0, 0.1) is 5.82 Å². The van der Waals surface area contributed by atoms with Crippen molar-refractivity contribution in [2.75, 3.05) is 14.1 Å². The summed E-state index contributed by atoms with van der Waals surface area (Å²) in [5.74, 6) is -0.336. The summed E-state index contributed by atoms with van der Waals surface area (Å²) in [6.07, 6.45) is 0.235. The van der Waals surface area contributed by atoms with Crippen LogP contribution in [0.5, 0.6) is 0 Å². The molecule has 0 fully saturated rings. The first-order valence-corrected chi connectivity index (χ1v) is 4.72. The zero-order chi connectivity index (χ0) is 11.4. The molecule has 4 heteroatoms. The van der Waals surface area contributed by atoms with E-state index >= 15 is 0 Å². The molecule has 1 rings (SSSR count). The summed E-state index contributed by atoms with van der Waals surface area (Å²) in [5.41, 5.74) is 6.58. The predicted octanol–water partition coefficient (Wildman–Crippen LogP) is 1.30. The lowest BCUT2D eigenvalue weighted by atomic mass is 10.0. The van der Waals surface area contributed by atoms with Gasteiger partial charge < -0.3 is 10.6 Å². The largest absolute Gasteiger partial charge is 0.349 e. The molecule has 0 unspecified atom stereocenters. The molecule has 0 radical (unpaired) electrons. The van der Waals surface area contributed by atoms with Gasteiger partial charge in [0.1, 0.15) is 5.82 Å². The number of nitrogens with zero attached hydrogens (tertiary/aromatic N) is 1. The number of hydrogen-bond donors (Lipinski definition) is 1. The van der Waals surface area contributed by atoms with Crippen molar-refractivity contribution < 1.29 is 9.18 Å². The average molecular weight is 210 g/mol. The Morgan fingerprint density at radius 2 is 1.93 bits per heavy atom. The molecular formula is C11H15FN2O. The molecule has 0 saturated carbocycles. The maximum Gasteiger partial charge on any atom is 0.223 e. The molecule has 1 aromatic carbocycles. The van der Waals surface area contributed by atoms with Gasteiger partial charge in [-0.3, -0.25) is 4.79 Å². The third-order valence-electron chi connectivity index (χ3n) is 2.19. The molecule has 0 aliphatic rings. The van der Waals surface area contributed by atoms with E-state index in [2.05, 4.69) is 0 Å². The minimum absolute atomic E-state index is 0.0353. The van der Waals surface area contributed by atoms with Gasteiger partial charge in [0.25, 0.3) is 0 Å². The van der Waals surface area contributed by atoms with Crippen LogP contribution in [0.4, 0.5) is 4.39 Å². The second-order valence-corrected chi connectivity index (χ2v) is 3.65. The van der Waals surface area contributed by atoms with E-state index in [0.29, 0.717) is 0 Å². The van der Waals surface area contributed by atoms with E-state index in [1.165, 1.54) is 17.0 Å². The lowest BCUT2D eigenvalue weighted by molar-refractivity contribution is -0.129. The van der Waals surface area contributed by atoms with Gasteiger partial charge in [0, 0.05) is 26.6 Å². The van der Waals surface area contributed by atoms with E-state index in [0.717, 1.165) is 5.56 Å². The molecule has 0 heterocycles. The fourth-order valence-electron chi connectivity index (χ4n) is 1.20. The Morgan fingerprint density at radius 3 is 2.40 bits per heavy atom. The Morgan fingerprint density at radius 1 is 1.40 bits per heavy atom. The molecular weight excluding hydrogens is 195 g/mol. The standard InChI is InChI=1S/C11H15FN2O/c1-14(2)11(15)7-10(13)8-3-5-9(12)6-4-8/h3-6,10H,7,13H2,1-2H3/t10-/m0/s1. The average Bonchev–Trinajstić information content (AvgIpc) is 2.18. The number of nitrogens with two attached hydrogens (primary N) is 1. The summed E-state index contributed by atoms with van der Waals surface area (Å²) < 4.78 is 12.6. The van der Waals surface area contributed by atoms with Crippen LogP contribution in [0.15, 0.2) is 24.3 Å². The first kappa shape index (κ1) is 11.7. The summed E-state index contributed by atoms with van der Waals surface area (Å²) >= 11 is 0. The van der Waals surface area contributed by atoms with Crippen LogP contribution in [0.3, 0.4) is 0 Å². The van der Waals surface area contributed by atoms with Gasteiger partial charge in [-0.1, -0.05) is 12.1 Å². The normalized spacial score (nSPS) is 12.3. The van der Waals surface area contributed by atoms with Gasteiger partial charge in [-0.25, -0.2) is 4.39 Å². The van der Waals surface area contributed by atoms with Crippen molar-refractivity contribution in [3.05, 3.63) is 35.6 Å². The molecule has 0 spiro atoms. The fraction of sp³-hybridized carbons (Fsp3) is 0.364. The number of halogens is 1. The number of hydrogen-bond acceptors (Lipinski definition) is 2. The van der Waals surface area contributed by atoms with E-state index in [1.54, 1.807) is 26.2 Å². The molecule has 2 N–H and O–H groups in total. The van der Waals surface area contributed by atoms with Crippen molar-refractivity contribution in [2.24, 2.45) is 5.73 Å². The third kappa shape index (κ3) is 3.32. The highest BCUT2D eigenvalue weighted by atomic mass is 19.1. The third-order valence-corrected chi connectivity index (χ3v) is 2.19. The summed E-state index contributed by atoms with van der Waals surface area (Å²) in [4.78, 5) is 12.9. The predicted molar refractivity (Wildman–Crippen MR) is 56.6 cm³/mol. The fourth-order valence-corrected chi connectivity index (χ4v) is 1.20. The van der Waals surface area contributed by atoms with Gasteiger partial charge >= 0.3 is 0 Å². The Labute approximate surface area is 88.7 Å². The first-order valence-electron chi connectivity index (χ1n) is 4.72.